The number of rotatable bonds is 5. The molecular weight excluding hydrogens is 375 g/mol. The minimum absolute atomic E-state index is 0.141. The van der Waals surface area contributed by atoms with Gasteiger partial charge in [0.15, 0.2) is 0 Å². The summed E-state index contributed by atoms with van der Waals surface area (Å²) in [7, 11) is 0. The molecule has 27 heavy (non-hydrogen) atoms. The number of imidazole rings is 1. The highest BCUT2D eigenvalue weighted by atomic mass is 35.5. The van der Waals surface area contributed by atoms with Crippen molar-refractivity contribution in [2.75, 3.05) is 0 Å². The van der Waals surface area contributed by atoms with Crippen molar-refractivity contribution in [3.63, 3.8) is 0 Å². The summed E-state index contributed by atoms with van der Waals surface area (Å²) < 4.78 is 41.1. The van der Waals surface area contributed by atoms with Crippen molar-refractivity contribution in [1.29, 1.82) is 0 Å². The van der Waals surface area contributed by atoms with Gasteiger partial charge in [-0.3, -0.25) is 0 Å². The van der Waals surface area contributed by atoms with E-state index in [1.165, 1.54) is 6.07 Å². The van der Waals surface area contributed by atoms with E-state index in [0.29, 0.717) is 28.4 Å². The largest absolute Gasteiger partial charge is 0.416 e. The molecule has 3 aromatic rings. The van der Waals surface area contributed by atoms with E-state index in [0.717, 1.165) is 24.1 Å². The van der Waals surface area contributed by atoms with Crippen molar-refractivity contribution >= 4 is 22.6 Å². The molecule has 0 radical (unpaired) electrons. The first kappa shape index (κ1) is 19.7. The number of nitrogens with two attached hydrogens (primary N) is 1. The number of benzene rings is 2. The van der Waals surface area contributed by atoms with Crippen LogP contribution in [0.4, 0.5) is 13.2 Å². The number of hydrogen-bond donors (Lipinski definition) is 1. The Morgan fingerprint density at radius 3 is 2.56 bits per heavy atom. The zero-order valence-electron chi connectivity index (χ0n) is 15.1. The van der Waals surface area contributed by atoms with Gasteiger partial charge in [-0.15, -0.1) is 0 Å². The van der Waals surface area contributed by atoms with E-state index in [2.05, 4.69) is 4.98 Å². The van der Waals surface area contributed by atoms with Gasteiger partial charge in [0, 0.05) is 11.6 Å². The highest BCUT2D eigenvalue weighted by Gasteiger charge is 2.31. The summed E-state index contributed by atoms with van der Waals surface area (Å²) in [6.45, 7) is 4.47. The molecule has 2 N–H and O–H groups in total. The molecule has 1 unspecified atom stereocenters. The third-order valence-corrected chi connectivity index (χ3v) is 5.13. The molecule has 0 fully saturated rings. The van der Waals surface area contributed by atoms with Crippen molar-refractivity contribution < 1.29 is 13.2 Å². The molecule has 1 aromatic heterocycles. The SMILES string of the molecule is CCC(C)[C@H](N)c1nc2cc(C(F)(F)F)ccc2n1Cc1cccc(Cl)c1. The van der Waals surface area contributed by atoms with Crippen molar-refractivity contribution in [2.45, 2.75) is 39.0 Å². The molecule has 0 saturated carbocycles. The Hall–Kier alpha value is -2.05. The number of aromatic nitrogens is 2. The maximum absolute atomic E-state index is 13.1. The monoisotopic (exact) mass is 395 g/mol. The molecule has 7 heteroatoms. The fourth-order valence-corrected chi connectivity index (χ4v) is 3.28. The highest BCUT2D eigenvalue weighted by molar-refractivity contribution is 6.30. The molecular formula is C20H21ClF3N3. The van der Waals surface area contributed by atoms with Crippen LogP contribution in [0.15, 0.2) is 42.5 Å². The summed E-state index contributed by atoms with van der Waals surface area (Å²) in [4.78, 5) is 4.48. The van der Waals surface area contributed by atoms with Crippen LogP contribution in [0.5, 0.6) is 0 Å². The van der Waals surface area contributed by atoms with E-state index >= 15 is 0 Å². The number of halogens is 4. The molecule has 0 saturated heterocycles. The fourth-order valence-electron chi connectivity index (χ4n) is 3.07. The lowest BCUT2D eigenvalue weighted by atomic mass is 9.99. The van der Waals surface area contributed by atoms with Crippen LogP contribution < -0.4 is 5.73 Å². The first-order chi connectivity index (χ1) is 12.7. The molecule has 0 aliphatic heterocycles. The predicted octanol–water partition coefficient (Wildman–Crippen LogP) is 5.80. The number of fused-ring (bicyclic) bond motifs is 1. The molecule has 144 valence electrons. The summed E-state index contributed by atoms with van der Waals surface area (Å²) in [6, 6.07) is 10.6. The quantitative estimate of drug-likeness (QED) is 0.593. The first-order valence-electron chi connectivity index (χ1n) is 8.78. The molecule has 3 rings (SSSR count). The Kier molecular flexibility index (Phi) is 5.49. The van der Waals surface area contributed by atoms with Crippen LogP contribution in [0, 0.1) is 5.92 Å². The van der Waals surface area contributed by atoms with Gasteiger partial charge < -0.3 is 10.3 Å². The van der Waals surface area contributed by atoms with Gasteiger partial charge in [-0.25, -0.2) is 4.98 Å². The topological polar surface area (TPSA) is 43.8 Å². The number of hydrogen-bond acceptors (Lipinski definition) is 2. The minimum Gasteiger partial charge on any atom is -0.322 e. The molecule has 0 bridgehead atoms. The Morgan fingerprint density at radius 2 is 1.93 bits per heavy atom. The lowest BCUT2D eigenvalue weighted by Crippen LogP contribution is -2.23. The zero-order chi connectivity index (χ0) is 19.8. The molecule has 3 nitrogen and oxygen atoms in total. The Labute approximate surface area is 161 Å². The Balaban J connectivity index is 2.15. The normalized spacial score (nSPS) is 14.5. The van der Waals surface area contributed by atoms with Crippen LogP contribution in [0.25, 0.3) is 11.0 Å². The van der Waals surface area contributed by atoms with Gasteiger partial charge >= 0.3 is 6.18 Å². The summed E-state index contributed by atoms with van der Waals surface area (Å²) >= 11 is 6.07. The average Bonchev–Trinajstić information content (AvgIpc) is 2.97. The molecule has 0 aliphatic rings. The van der Waals surface area contributed by atoms with Crippen LogP contribution in [-0.4, -0.2) is 9.55 Å². The smallest absolute Gasteiger partial charge is 0.322 e. The molecule has 2 aromatic carbocycles. The van der Waals surface area contributed by atoms with Crippen LogP contribution in [0.3, 0.4) is 0 Å². The van der Waals surface area contributed by atoms with Crippen LogP contribution in [0.1, 0.15) is 43.3 Å². The molecule has 0 aliphatic carbocycles. The van der Waals surface area contributed by atoms with Crippen LogP contribution >= 0.6 is 11.6 Å². The summed E-state index contributed by atoms with van der Waals surface area (Å²) in [5, 5.41) is 0.601. The lowest BCUT2D eigenvalue weighted by Gasteiger charge is -2.20. The predicted molar refractivity (Wildman–Crippen MR) is 102 cm³/mol. The van der Waals surface area contributed by atoms with E-state index in [1.54, 1.807) is 6.07 Å². The first-order valence-corrected chi connectivity index (χ1v) is 9.16. The van der Waals surface area contributed by atoms with Crippen molar-refractivity contribution in [3.8, 4) is 0 Å². The minimum atomic E-state index is -4.41. The van der Waals surface area contributed by atoms with E-state index in [4.69, 9.17) is 17.3 Å². The second kappa shape index (κ2) is 7.52. The van der Waals surface area contributed by atoms with Gasteiger partial charge in [0.2, 0.25) is 0 Å². The molecule has 2 atom stereocenters. The van der Waals surface area contributed by atoms with E-state index in [-0.39, 0.29) is 12.0 Å². The average molecular weight is 396 g/mol. The van der Waals surface area contributed by atoms with Crippen molar-refractivity contribution in [1.82, 2.24) is 9.55 Å². The van der Waals surface area contributed by atoms with E-state index < -0.39 is 11.7 Å². The van der Waals surface area contributed by atoms with Gasteiger partial charge in [-0.2, -0.15) is 13.2 Å². The fraction of sp³-hybridized carbons (Fsp3) is 0.350. The Bertz CT molecular complexity index is 949. The van der Waals surface area contributed by atoms with Crippen molar-refractivity contribution in [3.05, 3.63) is 64.4 Å². The van der Waals surface area contributed by atoms with Gasteiger partial charge in [-0.05, 0) is 41.8 Å². The third kappa shape index (κ3) is 4.12. The van der Waals surface area contributed by atoms with Crippen molar-refractivity contribution in [2.24, 2.45) is 11.7 Å². The summed E-state index contributed by atoms with van der Waals surface area (Å²) in [5.74, 6) is 0.723. The van der Waals surface area contributed by atoms with Gasteiger partial charge in [0.25, 0.3) is 0 Å². The molecule has 1 heterocycles. The van der Waals surface area contributed by atoms with Gasteiger partial charge in [0.1, 0.15) is 5.82 Å². The molecule has 0 amide bonds. The third-order valence-electron chi connectivity index (χ3n) is 4.89. The standard InChI is InChI=1S/C20H21ClF3N3/c1-3-12(2)18(25)19-26-16-10-14(20(22,23)24)7-8-17(16)27(19)11-13-5-4-6-15(21)9-13/h4-10,12,18H,3,11,25H2,1-2H3/t12?,18-/m0/s1. The summed E-state index contributed by atoms with van der Waals surface area (Å²) in [5.41, 5.74) is 7.52. The lowest BCUT2D eigenvalue weighted by molar-refractivity contribution is -0.137. The van der Waals surface area contributed by atoms with Crippen LogP contribution in [0.2, 0.25) is 5.02 Å². The van der Waals surface area contributed by atoms with Gasteiger partial charge in [-0.1, -0.05) is 44.0 Å². The van der Waals surface area contributed by atoms with E-state index in [9.17, 15) is 13.2 Å². The number of nitrogens with zero attached hydrogens (tertiary/aromatic N) is 2. The summed E-state index contributed by atoms with van der Waals surface area (Å²) in [6.07, 6.45) is -3.57. The van der Waals surface area contributed by atoms with E-state index in [1.807, 2.05) is 36.6 Å². The second-order valence-electron chi connectivity index (χ2n) is 6.80. The maximum atomic E-state index is 13.1. The Morgan fingerprint density at radius 1 is 1.19 bits per heavy atom. The van der Waals surface area contributed by atoms with Gasteiger partial charge in [0.05, 0.1) is 22.6 Å². The zero-order valence-corrected chi connectivity index (χ0v) is 15.8. The van der Waals surface area contributed by atoms with Crippen LogP contribution in [-0.2, 0) is 12.7 Å². The second-order valence-corrected chi connectivity index (χ2v) is 7.24. The maximum Gasteiger partial charge on any atom is 0.416 e. The highest BCUT2D eigenvalue weighted by Crippen LogP contribution is 2.33. The number of alkyl halides is 3. The molecule has 0 spiro atoms.